The van der Waals surface area contributed by atoms with E-state index in [1.165, 1.54) is 6.92 Å². The van der Waals surface area contributed by atoms with Gasteiger partial charge >= 0.3 is 0 Å². The van der Waals surface area contributed by atoms with Gasteiger partial charge in [-0.25, -0.2) is 4.98 Å². The van der Waals surface area contributed by atoms with Crippen LogP contribution in [-0.2, 0) is 11.3 Å². The molecule has 0 aliphatic rings. The molecule has 2 aromatic rings. The van der Waals surface area contributed by atoms with E-state index in [2.05, 4.69) is 15.3 Å². The van der Waals surface area contributed by atoms with Crippen molar-refractivity contribution in [2.24, 2.45) is 0 Å². The Balaban J connectivity index is 2.11. The molecule has 3 N–H and O–H groups in total. The van der Waals surface area contributed by atoms with Crippen LogP contribution in [0.4, 0.5) is 0 Å². The van der Waals surface area contributed by atoms with Gasteiger partial charge in [-0.05, 0) is 31.5 Å². The Kier molecular flexibility index (Phi) is 3.10. The van der Waals surface area contributed by atoms with Gasteiger partial charge in [-0.2, -0.15) is 0 Å². The maximum absolute atomic E-state index is 11.2. The number of nitrogens with zero attached hydrogens (tertiary/aromatic N) is 1. The SMILES string of the molecule is Cc1nc2ccc(CNC(=O)C(C)O)cc2[nH]1. The number of carbonyl (C=O) groups is 1. The number of aliphatic hydroxyl groups is 1. The van der Waals surface area contributed by atoms with Gasteiger partial charge in [-0.1, -0.05) is 6.07 Å². The van der Waals surface area contributed by atoms with Crippen molar-refractivity contribution in [1.29, 1.82) is 0 Å². The zero-order valence-electron chi connectivity index (χ0n) is 9.82. The number of amides is 1. The predicted molar refractivity (Wildman–Crippen MR) is 64.4 cm³/mol. The highest BCUT2D eigenvalue weighted by Gasteiger charge is 2.08. The lowest BCUT2D eigenvalue weighted by molar-refractivity contribution is -0.128. The summed E-state index contributed by atoms with van der Waals surface area (Å²) in [5, 5.41) is 11.7. The predicted octanol–water partition coefficient (Wildman–Crippen LogP) is 0.868. The molecule has 2 rings (SSSR count). The Hall–Kier alpha value is -1.88. The number of aryl methyl sites for hydroxylation is 1. The molecule has 90 valence electrons. The molecule has 0 bridgehead atoms. The number of nitrogens with one attached hydrogen (secondary N) is 2. The van der Waals surface area contributed by atoms with E-state index in [9.17, 15) is 4.79 Å². The molecular weight excluding hydrogens is 218 g/mol. The van der Waals surface area contributed by atoms with Crippen LogP contribution in [0.25, 0.3) is 11.0 Å². The smallest absolute Gasteiger partial charge is 0.248 e. The van der Waals surface area contributed by atoms with Gasteiger partial charge in [-0.3, -0.25) is 4.79 Å². The van der Waals surface area contributed by atoms with Crippen molar-refractivity contribution in [3.8, 4) is 0 Å². The maximum Gasteiger partial charge on any atom is 0.248 e. The van der Waals surface area contributed by atoms with E-state index in [-0.39, 0.29) is 5.91 Å². The third-order valence-corrected chi connectivity index (χ3v) is 2.51. The normalized spacial score (nSPS) is 12.6. The Morgan fingerprint density at radius 2 is 2.35 bits per heavy atom. The van der Waals surface area contributed by atoms with E-state index in [0.29, 0.717) is 6.54 Å². The van der Waals surface area contributed by atoms with Gasteiger partial charge in [0.15, 0.2) is 0 Å². The quantitative estimate of drug-likeness (QED) is 0.736. The minimum absolute atomic E-state index is 0.370. The summed E-state index contributed by atoms with van der Waals surface area (Å²) >= 11 is 0. The molecule has 0 saturated carbocycles. The number of carbonyl (C=O) groups excluding carboxylic acids is 1. The van der Waals surface area contributed by atoms with Gasteiger partial charge in [-0.15, -0.1) is 0 Å². The van der Waals surface area contributed by atoms with Gasteiger partial charge in [0.1, 0.15) is 11.9 Å². The van der Waals surface area contributed by atoms with E-state index in [1.807, 2.05) is 25.1 Å². The molecule has 17 heavy (non-hydrogen) atoms. The largest absolute Gasteiger partial charge is 0.384 e. The zero-order valence-corrected chi connectivity index (χ0v) is 9.82. The lowest BCUT2D eigenvalue weighted by Crippen LogP contribution is -2.31. The fourth-order valence-electron chi connectivity index (χ4n) is 1.63. The van der Waals surface area contributed by atoms with Crippen LogP contribution in [0.2, 0.25) is 0 Å². The van der Waals surface area contributed by atoms with E-state index < -0.39 is 6.10 Å². The fraction of sp³-hybridized carbons (Fsp3) is 0.333. The molecule has 0 aliphatic carbocycles. The highest BCUT2D eigenvalue weighted by Crippen LogP contribution is 2.13. The first kappa shape index (κ1) is 11.6. The first-order chi connectivity index (χ1) is 8.06. The molecule has 0 radical (unpaired) electrons. The van der Waals surface area contributed by atoms with Crippen molar-refractivity contribution in [3.05, 3.63) is 29.6 Å². The maximum atomic E-state index is 11.2. The van der Waals surface area contributed by atoms with E-state index in [0.717, 1.165) is 22.4 Å². The van der Waals surface area contributed by atoms with Crippen molar-refractivity contribution in [2.45, 2.75) is 26.5 Å². The number of H-pyrrole nitrogens is 1. The highest BCUT2D eigenvalue weighted by molar-refractivity contribution is 5.80. The van der Waals surface area contributed by atoms with Crippen LogP contribution >= 0.6 is 0 Å². The lowest BCUT2D eigenvalue weighted by Gasteiger charge is -2.06. The molecule has 1 heterocycles. The number of aromatic amines is 1. The van der Waals surface area contributed by atoms with Crippen molar-refractivity contribution >= 4 is 16.9 Å². The lowest BCUT2D eigenvalue weighted by atomic mass is 10.2. The molecule has 1 unspecified atom stereocenters. The first-order valence-electron chi connectivity index (χ1n) is 5.47. The van der Waals surface area contributed by atoms with Crippen molar-refractivity contribution < 1.29 is 9.90 Å². The van der Waals surface area contributed by atoms with E-state index in [1.54, 1.807) is 0 Å². The zero-order chi connectivity index (χ0) is 12.4. The van der Waals surface area contributed by atoms with E-state index in [4.69, 9.17) is 5.11 Å². The molecule has 1 aromatic carbocycles. The topological polar surface area (TPSA) is 78.0 Å². The molecule has 1 amide bonds. The van der Waals surface area contributed by atoms with Crippen molar-refractivity contribution in [3.63, 3.8) is 0 Å². The summed E-state index contributed by atoms with van der Waals surface area (Å²) in [6, 6.07) is 5.76. The Bertz CT molecular complexity index is 546. The number of imidazole rings is 1. The molecule has 0 aliphatic heterocycles. The van der Waals surface area contributed by atoms with Gasteiger partial charge in [0.25, 0.3) is 0 Å². The summed E-state index contributed by atoms with van der Waals surface area (Å²) in [4.78, 5) is 18.6. The highest BCUT2D eigenvalue weighted by atomic mass is 16.3. The van der Waals surface area contributed by atoms with Crippen LogP contribution in [-0.4, -0.2) is 27.1 Å². The number of aromatic nitrogens is 2. The molecule has 5 heteroatoms. The van der Waals surface area contributed by atoms with Crippen LogP contribution in [0.5, 0.6) is 0 Å². The summed E-state index contributed by atoms with van der Waals surface area (Å²) in [6.45, 7) is 3.74. The van der Waals surface area contributed by atoms with Crippen LogP contribution in [0.1, 0.15) is 18.3 Å². The number of aliphatic hydroxyl groups excluding tert-OH is 1. The summed E-state index contributed by atoms with van der Waals surface area (Å²) in [5.74, 6) is 0.496. The molecule has 1 atom stereocenters. The molecular formula is C12H15N3O2. The molecule has 0 fully saturated rings. The second kappa shape index (κ2) is 4.55. The summed E-state index contributed by atoms with van der Waals surface area (Å²) in [6.07, 6.45) is -0.979. The third kappa shape index (κ3) is 2.62. The third-order valence-electron chi connectivity index (χ3n) is 2.51. The summed E-state index contributed by atoms with van der Waals surface area (Å²) < 4.78 is 0. The minimum atomic E-state index is -0.979. The Morgan fingerprint density at radius 3 is 3.06 bits per heavy atom. The number of rotatable bonds is 3. The standard InChI is InChI=1S/C12H15N3O2/c1-7(16)12(17)13-6-9-3-4-10-11(5-9)15-8(2)14-10/h3-5,7,16H,6H2,1-2H3,(H,13,17)(H,14,15). The molecule has 0 spiro atoms. The second-order valence-corrected chi connectivity index (χ2v) is 4.07. The average molecular weight is 233 g/mol. The van der Waals surface area contributed by atoms with Crippen LogP contribution in [0.3, 0.4) is 0 Å². The van der Waals surface area contributed by atoms with Gasteiger partial charge in [0, 0.05) is 6.54 Å². The number of fused-ring (bicyclic) bond motifs is 1. The average Bonchev–Trinajstić information content (AvgIpc) is 2.64. The molecule has 0 saturated heterocycles. The number of benzene rings is 1. The Morgan fingerprint density at radius 1 is 1.59 bits per heavy atom. The number of hydrogen-bond acceptors (Lipinski definition) is 3. The van der Waals surface area contributed by atoms with Gasteiger partial charge in [0.2, 0.25) is 5.91 Å². The van der Waals surface area contributed by atoms with Crippen LogP contribution in [0.15, 0.2) is 18.2 Å². The first-order valence-corrected chi connectivity index (χ1v) is 5.47. The van der Waals surface area contributed by atoms with Crippen molar-refractivity contribution in [2.75, 3.05) is 0 Å². The molecule has 1 aromatic heterocycles. The molecule has 5 nitrogen and oxygen atoms in total. The van der Waals surface area contributed by atoms with Crippen molar-refractivity contribution in [1.82, 2.24) is 15.3 Å². The van der Waals surface area contributed by atoms with Gasteiger partial charge < -0.3 is 15.4 Å². The van der Waals surface area contributed by atoms with Gasteiger partial charge in [0.05, 0.1) is 11.0 Å². The summed E-state index contributed by atoms with van der Waals surface area (Å²) in [7, 11) is 0. The summed E-state index contributed by atoms with van der Waals surface area (Å²) in [5.41, 5.74) is 2.83. The van der Waals surface area contributed by atoms with Crippen LogP contribution in [0, 0.1) is 6.92 Å². The minimum Gasteiger partial charge on any atom is -0.384 e. The van der Waals surface area contributed by atoms with Crippen LogP contribution < -0.4 is 5.32 Å². The Labute approximate surface area is 98.9 Å². The number of hydrogen-bond donors (Lipinski definition) is 3. The second-order valence-electron chi connectivity index (χ2n) is 4.07. The fourth-order valence-corrected chi connectivity index (χ4v) is 1.63. The van der Waals surface area contributed by atoms with E-state index >= 15 is 0 Å². The monoisotopic (exact) mass is 233 g/mol.